The molecule has 0 saturated heterocycles. The maximum absolute atomic E-state index is 13.0. The SMILES string of the molecule is Cc1cc(C)c(Nc2ccnc(Nc3ccc(F)cc3)n2)c(Cl)c1. The van der Waals surface area contributed by atoms with Gasteiger partial charge >= 0.3 is 0 Å². The van der Waals surface area contributed by atoms with Crippen molar-refractivity contribution in [1.29, 1.82) is 0 Å². The van der Waals surface area contributed by atoms with Crippen LogP contribution in [0.5, 0.6) is 0 Å². The van der Waals surface area contributed by atoms with E-state index >= 15 is 0 Å². The van der Waals surface area contributed by atoms with E-state index in [4.69, 9.17) is 11.6 Å². The Morgan fingerprint density at radius 2 is 1.75 bits per heavy atom. The second kappa shape index (κ2) is 6.84. The predicted molar refractivity (Wildman–Crippen MR) is 95.9 cm³/mol. The summed E-state index contributed by atoms with van der Waals surface area (Å²) in [6.45, 7) is 3.98. The molecule has 3 aromatic rings. The standard InChI is InChI=1S/C18H16ClFN4/c1-11-9-12(2)17(15(19)10-11)23-16-7-8-21-18(24-16)22-14-5-3-13(20)4-6-14/h3-10H,1-2H3,(H2,21,22,23,24). The van der Waals surface area contributed by atoms with Crippen LogP contribution in [-0.2, 0) is 0 Å². The van der Waals surface area contributed by atoms with Crippen molar-refractivity contribution in [2.24, 2.45) is 0 Å². The van der Waals surface area contributed by atoms with Crippen molar-refractivity contribution in [3.05, 3.63) is 70.6 Å². The molecule has 1 aromatic heterocycles. The summed E-state index contributed by atoms with van der Waals surface area (Å²) in [6, 6.07) is 11.7. The highest BCUT2D eigenvalue weighted by atomic mass is 35.5. The fourth-order valence-corrected chi connectivity index (χ4v) is 2.72. The van der Waals surface area contributed by atoms with E-state index < -0.39 is 0 Å². The van der Waals surface area contributed by atoms with Gasteiger partial charge in [0.2, 0.25) is 5.95 Å². The van der Waals surface area contributed by atoms with E-state index in [-0.39, 0.29) is 5.82 Å². The zero-order valence-electron chi connectivity index (χ0n) is 13.3. The van der Waals surface area contributed by atoms with Gasteiger partial charge in [-0.15, -0.1) is 0 Å². The molecule has 0 aliphatic heterocycles. The molecule has 0 aliphatic carbocycles. The lowest BCUT2D eigenvalue weighted by Gasteiger charge is -2.13. The van der Waals surface area contributed by atoms with E-state index in [1.165, 1.54) is 12.1 Å². The first kappa shape index (κ1) is 16.2. The zero-order valence-corrected chi connectivity index (χ0v) is 14.0. The molecule has 0 spiro atoms. The second-order valence-electron chi connectivity index (χ2n) is 5.46. The molecule has 0 bridgehead atoms. The predicted octanol–water partition coefficient (Wildman–Crippen LogP) is 5.37. The first-order valence-electron chi connectivity index (χ1n) is 7.41. The molecule has 6 heteroatoms. The molecule has 0 unspecified atom stereocenters. The number of anilines is 4. The maximum atomic E-state index is 13.0. The van der Waals surface area contributed by atoms with E-state index in [1.807, 2.05) is 26.0 Å². The Labute approximate surface area is 144 Å². The number of nitrogens with zero attached hydrogens (tertiary/aromatic N) is 2. The van der Waals surface area contributed by atoms with Crippen LogP contribution in [0.25, 0.3) is 0 Å². The summed E-state index contributed by atoms with van der Waals surface area (Å²) in [5.41, 5.74) is 3.66. The van der Waals surface area contributed by atoms with Crippen LogP contribution < -0.4 is 10.6 Å². The Morgan fingerprint density at radius 1 is 1.00 bits per heavy atom. The molecule has 0 atom stereocenters. The molecule has 4 nitrogen and oxygen atoms in total. The van der Waals surface area contributed by atoms with Crippen molar-refractivity contribution in [2.45, 2.75) is 13.8 Å². The van der Waals surface area contributed by atoms with Crippen molar-refractivity contribution in [2.75, 3.05) is 10.6 Å². The lowest BCUT2D eigenvalue weighted by molar-refractivity contribution is 0.628. The van der Waals surface area contributed by atoms with Gasteiger partial charge in [-0.1, -0.05) is 17.7 Å². The van der Waals surface area contributed by atoms with Crippen molar-refractivity contribution < 1.29 is 4.39 Å². The fraction of sp³-hybridized carbons (Fsp3) is 0.111. The summed E-state index contributed by atoms with van der Waals surface area (Å²) >= 11 is 6.31. The fourth-order valence-electron chi connectivity index (χ4n) is 2.35. The topological polar surface area (TPSA) is 49.8 Å². The van der Waals surface area contributed by atoms with Gasteiger partial charge in [0.1, 0.15) is 11.6 Å². The van der Waals surface area contributed by atoms with Crippen LogP contribution >= 0.6 is 11.6 Å². The van der Waals surface area contributed by atoms with Crippen LogP contribution in [0, 0.1) is 19.7 Å². The van der Waals surface area contributed by atoms with Crippen molar-refractivity contribution >= 4 is 34.7 Å². The number of aromatic nitrogens is 2. The van der Waals surface area contributed by atoms with Gasteiger partial charge in [-0.3, -0.25) is 0 Å². The van der Waals surface area contributed by atoms with Crippen LogP contribution in [0.15, 0.2) is 48.7 Å². The Balaban J connectivity index is 1.82. The highest BCUT2D eigenvalue weighted by molar-refractivity contribution is 6.33. The Hall–Kier alpha value is -2.66. The molecule has 2 aromatic carbocycles. The Bertz CT molecular complexity index is 842. The van der Waals surface area contributed by atoms with Crippen LogP contribution in [0.4, 0.5) is 27.5 Å². The largest absolute Gasteiger partial charge is 0.339 e. The molecule has 122 valence electrons. The normalized spacial score (nSPS) is 10.5. The third kappa shape index (κ3) is 3.81. The molecule has 2 N–H and O–H groups in total. The summed E-state index contributed by atoms with van der Waals surface area (Å²) in [7, 11) is 0. The first-order valence-corrected chi connectivity index (χ1v) is 7.78. The third-order valence-corrected chi connectivity index (χ3v) is 3.74. The molecular weight excluding hydrogens is 327 g/mol. The van der Waals surface area contributed by atoms with Gasteiger partial charge in [0, 0.05) is 11.9 Å². The van der Waals surface area contributed by atoms with E-state index in [0.717, 1.165) is 16.8 Å². The van der Waals surface area contributed by atoms with Gasteiger partial charge < -0.3 is 10.6 Å². The summed E-state index contributed by atoms with van der Waals surface area (Å²) in [5.74, 6) is 0.734. The van der Waals surface area contributed by atoms with Gasteiger partial charge in [-0.05, 0) is 61.4 Å². The highest BCUT2D eigenvalue weighted by Crippen LogP contribution is 2.29. The average Bonchev–Trinajstić information content (AvgIpc) is 2.53. The second-order valence-corrected chi connectivity index (χ2v) is 5.87. The maximum Gasteiger partial charge on any atom is 0.229 e. The van der Waals surface area contributed by atoms with Gasteiger partial charge in [0.25, 0.3) is 0 Å². The number of benzene rings is 2. The number of nitrogens with one attached hydrogen (secondary N) is 2. The first-order chi connectivity index (χ1) is 11.5. The summed E-state index contributed by atoms with van der Waals surface area (Å²) < 4.78 is 13.0. The molecule has 1 heterocycles. The molecule has 0 radical (unpaired) electrons. The molecule has 0 amide bonds. The lowest BCUT2D eigenvalue weighted by atomic mass is 10.1. The van der Waals surface area contributed by atoms with Gasteiger partial charge in [0.05, 0.1) is 10.7 Å². The summed E-state index contributed by atoms with van der Waals surface area (Å²) in [5, 5.41) is 6.89. The average molecular weight is 343 g/mol. The number of hydrogen-bond acceptors (Lipinski definition) is 4. The zero-order chi connectivity index (χ0) is 17.1. The van der Waals surface area contributed by atoms with E-state index in [1.54, 1.807) is 24.4 Å². The summed E-state index contributed by atoms with van der Waals surface area (Å²) in [4.78, 5) is 8.57. The quantitative estimate of drug-likeness (QED) is 0.669. The Morgan fingerprint density at radius 3 is 2.46 bits per heavy atom. The van der Waals surface area contributed by atoms with E-state index in [0.29, 0.717) is 22.5 Å². The molecular formula is C18H16ClFN4. The number of aryl methyl sites for hydroxylation is 2. The number of hydrogen-bond donors (Lipinski definition) is 2. The van der Waals surface area contributed by atoms with Crippen LogP contribution in [0.1, 0.15) is 11.1 Å². The van der Waals surface area contributed by atoms with Crippen molar-refractivity contribution in [3.8, 4) is 0 Å². The molecule has 3 rings (SSSR count). The smallest absolute Gasteiger partial charge is 0.229 e. The van der Waals surface area contributed by atoms with Crippen molar-refractivity contribution in [3.63, 3.8) is 0 Å². The molecule has 0 aliphatic rings. The lowest BCUT2D eigenvalue weighted by Crippen LogP contribution is -2.01. The monoisotopic (exact) mass is 342 g/mol. The minimum Gasteiger partial charge on any atom is -0.339 e. The van der Waals surface area contributed by atoms with E-state index in [2.05, 4.69) is 20.6 Å². The van der Waals surface area contributed by atoms with Gasteiger partial charge in [-0.25, -0.2) is 9.37 Å². The number of rotatable bonds is 4. The van der Waals surface area contributed by atoms with Gasteiger partial charge in [-0.2, -0.15) is 4.98 Å². The van der Waals surface area contributed by atoms with Crippen LogP contribution in [0.3, 0.4) is 0 Å². The molecule has 24 heavy (non-hydrogen) atoms. The van der Waals surface area contributed by atoms with Crippen LogP contribution in [0.2, 0.25) is 5.02 Å². The van der Waals surface area contributed by atoms with E-state index in [9.17, 15) is 4.39 Å². The minimum atomic E-state index is -0.290. The van der Waals surface area contributed by atoms with Crippen LogP contribution in [-0.4, -0.2) is 9.97 Å². The Kier molecular flexibility index (Phi) is 4.62. The minimum absolute atomic E-state index is 0.290. The van der Waals surface area contributed by atoms with Crippen molar-refractivity contribution in [1.82, 2.24) is 9.97 Å². The molecule has 0 saturated carbocycles. The highest BCUT2D eigenvalue weighted by Gasteiger charge is 2.07. The number of halogens is 2. The van der Waals surface area contributed by atoms with Gasteiger partial charge in [0.15, 0.2) is 0 Å². The molecule has 0 fully saturated rings. The third-order valence-electron chi connectivity index (χ3n) is 3.44. The summed E-state index contributed by atoms with van der Waals surface area (Å²) in [6.07, 6.45) is 1.64.